The first-order chi connectivity index (χ1) is 7.77. The van der Waals surface area contributed by atoms with Crippen molar-refractivity contribution in [1.29, 1.82) is 0 Å². The second-order valence-corrected chi connectivity index (χ2v) is 3.77. The van der Waals surface area contributed by atoms with Gasteiger partial charge in [0.05, 0.1) is 13.0 Å². The molecule has 0 amide bonds. The van der Waals surface area contributed by atoms with Gasteiger partial charge in [0.2, 0.25) is 0 Å². The third-order valence-electron chi connectivity index (χ3n) is 2.44. The summed E-state index contributed by atoms with van der Waals surface area (Å²) in [5.41, 5.74) is 6.77. The normalized spacial score (nSPS) is 12.1. The average Bonchev–Trinajstić information content (AvgIpc) is 2.34. The van der Waals surface area contributed by atoms with Crippen molar-refractivity contribution in [2.75, 3.05) is 13.2 Å². The van der Waals surface area contributed by atoms with E-state index in [1.54, 1.807) is 0 Å². The van der Waals surface area contributed by atoms with E-state index in [1.165, 1.54) is 0 Å². The predicted molar refractivity (Wildman–Crippen MR) is 64.1 cm³/mol. The highest BCUT2D eigenvalue weighted by molar-refractivity contribution is 5.70. The fourth-order valence-electron chi connectivity index (χ4n) is 1.54. The number of carbonyl (C=O) groups is 1. The van der Waals surface area contributed by atoms with Crippen LogP contribution in [0.2, 0.25) is 0 Å². The Balaban J connectivity index is 2.52. The molecule has 0 fully saturated rings. The standard InChI is InChI=1S/C13H19NO2/c1-2-8-16-13(15)9-12(10-14)11-6-4-3-5-7-11/h3-7,12H,2,8-10,14H2,1H3. The molecule has 0 saturated carbocycles. The maximum Gasteiger partial charge on any atom is 0.306 e. The van der Waals surface area contributed by atoms with Gasteiger partial charge in [-0.1, -0.05) is 37.3 Å². The maximum absolute atomic E-state index is 11.5. The molecule has 0 aliphatic carbocycles. The third kappa shape index (κ3) is 4.03. The van der Waals surface area contributed by atoms with Gasteiger partial charge in [0.15, 0.2) is 0 Å². The molecule has 0 spiro atoms. The molecule has 0 aromatic heterocycles. The van der Waals surface area contributed by atoms with Crippen molar-refractivity contribution in [2.24, 2.45) is 5.73 Å². The zero-order valence-corrected chi connectivity index (χ0v) is 9.69. The Bertz CT molecular complexity index is 311. The zero-order chi connectivity index (χ0) is 11.8. The van der Waals surface area contributed by atoms with Crippen LogP contribution in [0.4, 0.5) is 0 Å². The first-order valence-electron chi connectivity index (χ1n) is 5.68. The van der Waals surface area contributed by atoms with Gasteiger partial charge in [0.25, 0.3) is 0 Å². The zero-order valence-electron chi connectivity index (χ0n) is 9.69. The number of carbonyl (C=O) groups excluding carboxylic acids is 1. The minimum Gasteiger partial charge on any atom is -0.466 e. The average molecular weight is 221 g/mol. The molecule has 0 aliphatic rings. The van der Waals surface area contributed by atoms with Crippen LogP contribution in [0.25, 0.3) is 0 Å². The molecule has 0 saturated heterocycles. The topological polar surface area (TPSA) is 52.3 Å². The first-order valence-corrected chi connectivity index (χ1v) is 5.68. The lowest BCUT2D eigenvalue weighted by atomic mass is 9.96. The minimum absolute atomic E-state index is 0.0607. The van der Waals surface area contributed by atoms with Crippen LogP contribution in [0.15, 0.2) is 30.3 Å². The third-order valence-corrected chi connectivity index (χ3v) is 2.44. The molecule has 0 heterocycles. The van der Waals surface area contributed by atoms with Crippen molar-refractivity contribution in [3.8, 4) is 0 Å². The fourth-order valence-corrected chi connectivity index (χ4v) is 1.54. The molecular formula is C13H19NO2. The Kier molecular flexibility index (Phi) is 5.57. The van der Waals surface area contributed by atoms with E-state index in [0.29, 0.717) is 19.6 Å². The van der Waals surface area contributed by atoms with Crippen LogP contribution in [0, 0.1) is 0 Å². The number of benzene rings is 1. The molecule has 16 heavy (non-hydrogen) atoms. The Hall–Kier alpha value is -1.35. The number of esters is 1. The van der Waals surface area contributed by atoms with Gasteiger partial charge in [-0.15, -0.1) is 0 Å². The molecule has 0 bridgehead atoms. The highest BCUT2D eigenvalue weighted by Gasteiger charge is 2.14. The molecule has 1 unspecified atom stereocenters. The largest absolute Gasteiger partial charge is 0.466 e. The number of rotatable bonds is 6. The minimum atomic E-state index is -0.166. The van der Waals surface area contributed by atoms with Crippen LogP contribution in [-0.2, 0) is 9.53 Å². The van der Waals surface area contributed by atoms with Crippen molar-refractivity contribution >= 4 is 5.97 Å². The monoisotopic (exact) mass is 221 g/mol. The first kappa shape index (κ1) is 12.7. The molecule has 1 rings (SSSR count). The molecule has 1 atom stereocenters. The summed E-state index contributed by atoms with van der Waals surface area (Å²) < 4.78 is 5.05. The molecule has 0 aliphatic heterocycles. The number of nitrogens with two attached hydrogens (primary N) is 1. The Morgan fingerprint density at radius 2 is 2.06 bits per heavy atom. The second kappa shape index (κ2) is 7.01. The molecule has 1 aromatic carbocycles. The van der Waals surface area contributed by atoms with E-state index in [2.05, 4.69) is 0 Å². The quantitative estimate of drug-likeness (QED) is 0.748. The van der Waals surface area contributed by atoms with Gasteiger partial charge in [-0.2, -0.15) is 0 Å². The SMILES string of the molecule is CCCOC(=O)CC(CN)c1ccccc1. The number of ether oxygens (including phenoxy) is 1. The fraction of sp³-hybridized carbons (Fsp3) is 0.462. The number of hydrogen-bond acceptors (Lipinski definition) is 3. The Morgan fingerprint density at radius 3 is 2.62 bits per heavy atom. The summed E-state index contributed by atoms with van der Waals surface area (Å²) in [6.45, 7) is 2.93. The molecule has 3 nitrogen and oxygen atoms in total. The van der Waals surface area contributed by atoms with Crippen LogP contribution in [0.5, 0.6) is 0 Å². The summed E-state index contributed by atoms with van der Waals surface area (Å²) in [5.74, 6) is -0.105. The lowest BCUT2D eigenvalue weighted by Gasteiger charge is -2.14. The van der Waals surface area contributed by atoms with Crippen molar-refractivity contribution < 1.29 is 9.53 Å². The van der Waals surface area contributed by atoms with Gasteiger partial charge in [-0.25, -0.2) is 0 Å². The van der Waals surface area contributed by atoms with E-state index < -0.39 is 0 Å². The van der Waals surface area contributed by atoms with Gasteiger partial charge in [-0.05, 0) is 18.5 Å². The molecule has 88 valence electrons. The maximum atomic E-state index is 11.5. The van der Waals surface area contributed by atoms with Gasteiger partial charge >= 0.3 is 5.97 Å². The van der Waals surface area contributed by atoms with Crippen LogP contribution >= 0.6 is 0 Å². The summed E-state index contributed by atoms with van der Waals surface area (Å²) in [6.07, 6.45) is 1.21. The lowest BCUT2D eigenvalue weighted by molar-refractivity contribution is -0.144. The summed E-state index contributed by atoms with van der Waals surface area (Å²) in [5, 5.41) is 0. The van der Waals surface area contributed by atoms with E-state index >= 15 is 0 Å². The molecule has 1 aromatic rings. The van der Waals surface area contributed by atoms with Gasteiger partial charge < -0.3 is 10.5 Å². The highest BCUT2D eigenvalue weighted by atomic mass is 16.5. The van der Waals surface area contributed by atoms with E-state index in [-0.39, 0.29) is 11.9 Å². The predicted octanol–water partition coefficient (Wildman–Crippen LogP) is 2.07. The van der Waals surface area contributed by atoms with Crippen molar-refractivity contribution in [3.05, 3.63) is 35.9 Å². The summed E-state index contributed by atoms with van der Waals surface area (Å²) in [4.78, 5) is 11.5. The molecule has 2 N–H and O–H groups in total. The Morgan fingerprint density at radius 1 is 1.38 bits per heavy atom. The summed E-state index contributed by atoms with van der Waals surface area (Å²) in [6, 6.07) is 9.84. The van der Waals surface area contributed by atoms with Crippen LogP contribution in [-0.4, -0.2) is 19.1 Å². The van der Waals surface area contributed by atoms with E-state index in [4.69, 9.17) is 10.5 Å². The van der Waals surface area contributed by atoms with E-state index in [9.17, 15) is 4.79 Å². The van der Waals surface area contributed by atoms with Crippen LogP contribution in [0.3, 0.4) is 0 Å². The molecule has 3 heteroatoms. The van der Waals surface area contributed by atoms with Gasteiger partial charge in [0.1, 0.15) is 0 Å². The second-order valence-electron chi connectivity index (χ2n) is 3.77. The Labute approximate surface area is 96.6 Å². The molecule has 0 radical (unpaired) electrons. The van der Waals surface area contributed by atoms with Crippen molar-refractivity contribution in [1.82, 2.24) is 0 Å². The van der Waals surface area contributed by atoms with Crippen molar-refractivity contribution in [2.45, 2.75) is 25.7 Å². The van der Waals surface area contributed by atoms with Crippen LogP contribution < -0.4 is 5.73 Å². The van der Waals surface area contributed by atoms with Crippen molar-refractivity contribution in [3.63, 3.8) is 0 Å². The van der Waals surface area contributed by atoms with Gasteiger partial charge in [0, 0.05) is 5.92 Å². The highest BCUT2D eigenvalue weighted by Crippen LogP contribution is 2.18. The smallest absolute Gasteiger partial charge is 0.306 e. The van der Waals surface area contributed by atoms with Gasteiger partial charge in [-0.3, -0.25) is 4.79 Å². The lowest BCUT2D eigenvalue weighted by Crippen LogP contribution is -2.18. The van der Waals surface area contributed by atoms with E-state index in [0.717, 1.165) is 12.0 Å². The summed E-state index contributed by atoms with van der Waals surface area (Å²) in [7, 11) is 0. The number of hydrogen-bond donors (Lipinski definition) is 1. The van der Waals surface area contributed by atoms with Crippen LogP contribution in [0.1, 0.15) is 31.2 Å². The summed E-state index contributed by atoms with van der Waals surface area (Å²) >= 11 is 0. The van der Waals surface area contributed by atoms with E-state index in [1.807, 2.05) is 37.3 Å². The molecular weight excluding hydrogens is 202 g/mol.